The van der Waals surface area contributed by atoms with Gasteiger partial charge >= 0.3 is 11.9 Å². The van der Waals surface area contributed by atoms with E-state index in [4.69, 9.17) is 9.47 Å². The van der Waals surface area contributed by atoms with Crippen LogP contribution in [0.25, 0.3) is 0 Å². The first-order valence-corrected chi connectivity index (χ1v) is 18.7. The zero-order valence-electron chi connectivity index (χ0n) is 29.8. The van der Waals surface area contributed by atoms with Crippen molar-refractivity contribution in [3.63, 3.8) is 0 Å². The maximum atomic E-state index is 12.7. The Morgan fingerprint density at radius 1 is 0.750 bits per heavy atom. The molecular weight excluding hydrogens is 544 g/mol. The van der Waals surface area contributed by atoms with Crippen molar-refractivity contribution in [1.82, 2.24) is 0 Å². The third-order valence-corrected chi connectivity index (χ3v) is 15.4. The maximum absolute atomic E-state index is 12.7. The molecule has 0 N–H and O–H groups in total. The molecule has 10 atom stereocenters. The smallest absolute Gasteiger partial charge is 0.306 e. The van der Waals surface area contributed by atoms with E-state index in [-0.39, 0.29) is 45.1 Å². The summed E-state index contributed by atoms with van der Waals surface area (Å²) in [6, 6.07) is 0. The Kier molecular flexibility index (Phi) is 9.56. The average Bonchev–Trinajstić information content (AvgIpc) is 3.36. The Labute approximate surface area is 270 Å². The molecule has 0 unspecified atom stereocenters. The van der Waals surface area contributed by atoms with Crippen molar-refractivity contribution in [2.45, 2.75) is 164 Å². The summed E-state index contributed by atoms with van der Waals surface area (Å²) in [7, 11) is 0. The second kappa shape index (κ2) is 12.4. The lowest BCUT2D eigenvalue weighted by Gasteiger charge is -2.73. The number of hydrogen-bond acceptors (Lipinski definition) is 4. The van der Waals surface area contributed by atoms with Gasteiger partial charge in [0, 0.05) is 23.7 Å². The zero-order chi connectivity index (χ0) is 32.1. The summed E-state index contributed by atoms with van der Waals surface area (Å²) in [6.45, 7) is 24.5. The number of allylic oxidation sites excluding steroid dienone is 1. The van der Waals surface area contributed by atoms with Gasteiger partial charge in [-0.05, 0) is 130 Å². The van der Waals surface area contributed by atoms with E-state index in [0.717, 1.165) is 32.1 Å². The summed E-state index contributed by atoms with van der Waals surface area (Å²) in [5.41, 5.74) is 2.28. The minimum Gasteiger partial charge on any atom is -0.465 e. The van der Waals surface area contributed by atoms with Gasteiger partial charge in [0.25, 0.3) is 0 Å². The SMILES string of the molecule is C=C(C)[C@@H]1CC[C@]2(COC(=O)CCCC)CC[C@]3(C)[C@H](CC[C@@H]4[C@@]5(C)CC[C@H](OC(=O)CCCC)C(C)(C)[C@@H]5CC[C@]43C)[C@@H]12. The number of rotatable bonds is 10. The summed E-state index contributed by atoms with van der Waals surface area (Å²) >= 11 is 0. The van der Waals surface area contributed by atoms with Crippen LogP contribution in [0.1, 0.15) is 158 Å². The Morgan fingerprint density at radius 3 is 2.09 bits per heavy atom. The van der Waals surface area contributed by atoms with Gasteiger partial charge in [-0.15, -0.1) is 0 Å². The van der Waals surface area contributed by atoms with Crippen molar-refractivity contribution in [3.05, 3.63) is 12.2 Å². The lowest BCUT2D eigenvalue weighted by atomic mass is 9.32. The molecular formula is C40H66O4. The van der Waals surface area contributed by atoms with E-state index in [2.05, 4.69) is 62.0 Å². The highest BCUT2D eigenvalue weighted by Crippen LogP contribution is 2.77. The fourth-order valence-electron chi connectivity index (χ4n) is 12.9. The van der Waals surface area contributed by atoms with Crippen molar-refractivity contribution in [2.75, 3.05) is 6.61 Å². The molecule has 0 aliphatic heterocycles. The van der Waals surface area contributed by atoms with Crippen LogP contribution in [-0.4, -0.2) is 24.6 Å². The Hall–Kier alpha value is -1.32. The number of unbranched alkanes of at least 4 members (excludes halogenated alkanes) is 2. The Balaban J connectivity index is 1.40. The largest absolute Gasteiger partial charge is 0.465 e. The van der Waals surface area contributed by atoms with Crippen molar-refractivity contribution in [1.29, 1.82) is 0 Å². The predicted molar refractivity (Wildman–Crippen MR) is 179 cm³/mol. The average molecular weight is 611 g/mol. The van der Waals surface area contributed by atoms with Gasteiger partial charge in [-0.2, -0.15) is 0 Å². The number of ether oxygens (including phenoxy) is 2. The quantitative estimate of drug-likeness (QED) is 0.182. The van der Waals surface area contributed by atoms with Crippen LogP contribution < -0.4 is 0 Å². The molecule has 0 amide bonds. The van der Waals surface area contributed by atoms with Crippen molar-refractivity contribution < 1.29 is 19.1 Å². The molecule has 0 spiro atoms. The molecule has 0 heterocycles. The van der Waals surface area contributed by atoms with E-state index >= 15 is 0 Å². The molecule has 44 heavy (non-hydrogen) atoms. The molecule has 0 aromatic carbocycles. The fraction of sp³-hybridized carbons (Fsp3) is 0.900. The van der Waals surface area contributed by atoms with E-state index in [9.17, 15) is 9.59 Å². The van der Waals surface area contributed by atoms with E-state index in [0.29, 0.717) is 49.0 Å². The van der Waals surface area contributed by atoms with Gasteiger partial charge in [0.2, 0.25) is 0 Å². The third kappa shape index (κ3) is 5.32. The second-order valence-electron chi connectivity index (χ2n) is 17.8. The molecule has 0 aromatic rings. The minimum atomic E-state index is -0.00612. The maximum Gasteiger partial charge on any atom is 0.306 e. The monoisotopic (exact) mass is 610 g/mol. The number of fused-ring (bicyclic) bond motifs is 7. The van der Waals surface area contributed by atoms with Gasteiger partial charge in [0.1, 0.15) is 6.10 Å². The summed E-state index contributed by atoms with van der Waals surface area (Å²) < 4.78 is 12.4. The predicted octanol–water partition coefficient (Wildman–Crippen LogP) is 10.5. The van der Waals surface area contributed by atoms with Crippen LogP contribution in [0.15, 0.2) is 12.2 Å². The third-order valence-electron chi connectivity index (χ3n) is 15.4. The van der Waals surface area contributed by atoms with Gasteiger partial charge in [-0.1, -0.05) is 73.5 Å². The van der Waals surface area contributed by atoms with Crippen LogP contribution >= 0.6 is 0 Å². The van der Waals surface area contributed by atoms with Crippen LogP contribution in [-0.2, 0) is 19.1 Å². The molecule has 4 heteroatoms. The molecule has 0 radical (unpaired) electrons. The summed E-state index contributed by atoms with van der Waals surface area (Å²) in [6.07, 6.45) is 17.1. The van der Waals surface area contributed by atoms with E-state index in [1.54, 1.807) is 0 Å². The van der Waals surface area contributed by atoms with E-state index in [1.807, 2.05) is 0 Å². The van der Waals surface area contributed by atoms with Crippen LogP contribution in [0.2, 0.25) is 0 Å². The normalized spacial score (nSPS) is 44.0. The molecule has 5 fully saturated rings. The fourth-order valence-corrected chi connectivity index (χ4v) is 12.9. The van der Waals surface area contributed by atoms with Gasteiger partial charge in [-0.25, -0.2) is 0 Å². The first-order chi connectivity index (χ1) is 20.7. The van der Waals surface area contributed by atoms with E-state index < -0.39 is 0 Å². The number of esters is 2. The molecule has 250 valence electrons. The molecule has 0 bridgehead atoms. The first-order valence-electron chi connectivity index (χ1n) is 18.7. The zero-order valence-corrected chi connectivity index (χ0v) is 29.8. The van der Waals surface area contributed by atoms with Gasteiger partial charge < -0.3 is 9.47 Å². The highest BCUT2D eigenvalue weighted by atomic mass is 16.5. The Bertz CT molecular complexity index is 1090. The first kappa shape index (κ1) is 34.0. The molecule has 0 aromatic heterocycles. The van der Waals surface area contributed by atoms with Crippen molar-refractivity contribution in [2.24, 2.45) is 56.7 Å². The van der Waals surface area contributed by atoms with Crippen LogP contribution in [0.4, 0.5) is 0 Å². The number of carbonyl (C=O) groups is 2. The Morgan fingerprint density at radius 2 is 1.43 bits per heavy atom. The van der Waals surface area contributed by atoms with Crippen molar-refractivity contribution >= 4 is 11.9 Å². The highest BCUT2D eigenvalue weighted by Gasteiger charge is 2.71. The second-order valence-corrected chi connectivity index (χ2v) is 17.8. The minimum absolute atomic E-state index is 0.00302. The van der Waals surface area contributed by atoms with Crippen LogP contribution in [0, 0.1) is 56.7 Å². The molecule has 5 aliphatic rings. The number of carbonyl (C=O) groups excluding carboxylic acids is 2. The molecule has 5 saturated carbocycles. The van der Waals surface area contributed by atoms with Crippen LogP contribution in [0.5, 0.6) is 0 Å². The summed E-state index contributed by atoms with van der Waals surface area (Å²) in [5, 5.41) is 0. The van der Waals surface area contributed by atoms with E-state index in [1.165, 1.54) is 63.4 Å². The molecule has 4 nitrogen and oxygen atoms in total. The van der Waals surface area contributed by atoms with Crippen LogP contribution in [0.3, 0.4) is 0 Å². The molecule has 0 saturated heterocycles. The summed E-state index contributed by atoms with van der Waals surface area (Å²) in [4.78, 5) is 25.5. The lowest BCUT2D eigenvalue weighted by Crippen LogP contribution is -2.67. The topological polar surface area (TPSA) is 52.6 Å². The number of hydrogen-bond donors (Lipinski definition) is 0. The molecule has 5 aliphatic carbocycles. The van der Waals surface area contributed by atoms with Gasteiger partial charge in [0.15, 0.2) is 0 Å². The lowest BCUT2D eigenvalue weighted by molar-refractivity contribution is -0.252. The van der Waals surface area contributed by atoms with Crippen molar-refractivity contribution in [3.8, 4) is 0 Å². The molecule has 5 rings (SSSR count). The summed E-state index contributed by atoms with van der Waals surface area (Å²) in [5.74, 6) is 3.03. The van der Waals surface area contributed by atoms with Gasteiger partial charge in [-0.3, -0.25) is 9.59 Å². The van der Waals surface area contributed by atoms with Gasteiger partial charge in [0.05, 0.1) is 6.61 Å². The highest BCUT2D eigenvalue weighted by molar-refractivity contribution is 5.69. The standard InChI is InChI=1S/C40H66O4/c1-10-12-14-33(41)43-26-40-23-18-28(27(3)4)35(40)29-16-17-31-37(7)21-20-32(44-34(42)15-13-11-2)36(5,6)30(37)19-22-39(31,9)38(29,8)24-25-40/h28-32,35H,3,10-26H2,1-2,4-9H3/t28-,29+,30-,31+,32-,35+,37-,38+,39+,40+/m0/s1.